The summed E-state index contributed by atoms with van der Waals surface area (Å²) >= 11 is 0. The van der Waals surface area contributed by atoms with Crippen LogP contribution in [0.2, 0.25) is 0 Å². The minimum Gasteiger partial charge on any atom is -0.493 e. The molecule has 0 radical (unpaired) electrons. The van der Waals surface area contributed by atoms with Crippen LogP contribution in [-0.4, -0.2) is 11.7 Å². The molecular weight excluding hydrogens is 200 g/mol. The van der Waals surface area contributed by atoms with Crippen LogP contribution < -0.4 is 4.74 Å². The van der Waals surface area contributed by atoms with Crippen LogP contribution in [0.15, 0.2) is 30.4 Å². The molecular formula is C14H16O2. The number of allylic oxidation sites excluding steroid dienone is 1. The number of ether oxygens (including phenoxy) is 1. The van der Waals surface area contributed by atoms with Crippen molar-refractivity contribution < 1.29 is 9.84 Å². The van der Waals surface area contributed by atoms with Gasteiger partial charge < -0.3 is 9.84 Å². The summed E-state index contributed by atoms with van der Waals surface area (Å²) in [6, 6.07) is 6.09. The zero-order chi connectivity index (χ0) is 11.0. The maximum Gasteiger partial charge on any atom is 0.129 e. The Morgan fingerprint density at radius 2 is 2.25 bits per heavy atom. The van der Waals surface area contributed by atoms with Gasteiger partial charge in [-0.2, -0.15) is 0 Å². The van der Waals surface area contributed by atoms with Crippen molar-refractivity contribution in [1.29, 1.82) is 0 Å². The van der Waals surface area contributed by atoms with E-state index in [4.69, 9.17) is 4.74 Å². The molecule has 2 aliphatic rings. The summed E-state index contributed by atoms with van der Waals surface area (Å²) in [5.74, 6) is 0.913. The number of hydrogen-bond donors (Lipinski definition) is 1. The predicted molar refractivity (Wildman–Crippen MR) is 62.5 cm³/mol. The van der Waals surface area contributed by atoms with Crippen molar-refractivity contribution in [3.63, 3.8) is 0 Å². The quantitative estimate of drug-likeness (QED) is 0.731. The Bertz CT molecular complexity index is 436. The van der Waals surface area contributed by atoms with Gasteiger partial charge in [0.25, 0.3) is 0 Å². The number of rotatable bonds is 1. The van der Waals surface area contributed by atoms with Gasteiger partial charge in [0.1, 0.15) is 11.4 Å². The molecule has 1 unspecified atom stereocenters. The number of aliphatic hydroxyl groups is 1. The number of para-hydroxylation sites is 1. The third kappa shape index (κ3) is 1.45. The van der Waals surface area contributed by atoms with Gasteiger partial charge in [-0.15, -0.1) is 0 Å². The van der Waals surface area contributed by atoms with E-state index in [9.17, 15) is 5.11 Å². The summed E-state index contributed by atoms with van der Waals surface area (Å²) in [6.07, 6.45) is 7.85. The smallest absolute Gasteiger partial charge is 0.129 e. The average molecular weight is 216 g/mol. The van der Waals surface area contributed by atoms with E-state index in [0.717, 1.165) is 43.6 Å². The van der Waals surface area contributed by atoms with E-state index in [1.54, 1.807) is 0 Å². The maximum atomic E-state index is 10.6. The molecule has 0 saturated heterocycles. The van der Waals surface area contributed by atoms with E-state index in [-0.39, 0.29) is 0 Å². The molecule has 0 aromatic heterocycles. The second-order valence-corrected chi connectivity index (χ2v) is 4.61. The minimum atomic E-state index is -0.812. The van der Waals surface area contributed by atoms with Crippen molar-refractivity contribution in [3.05, 3.63) is 41.5 Å². The monoisotopic (exact) mass is 216 g/mol. The first-order chi connectivity index (χ1) is 7.80. The normalized spacial score (nSPS) is 27.6. The first-order valence-corrected chi connectivity index (χ1v) is 5.95. The molecule has 1 heterocycles. The fraction of sp³-hybridized carbons (Fsp3) is 0.429. The summed E-state index contributed by atoms with van der Waals surface area (Å²) in [6.45, 7) is 0.742. The molecule has 2 heteroatoms. The third-order valence-electron chi connectivity index (χ3n) is 3.50. The molecule has 84 valence electrons. The summed E-state index contributed by atoms with van der Waals surface area (Å²) < 4.78 is 5.65. The van der Waals surface area contributed by atoms with Crippen molar-refractivity contribution in [3.8, 4) is 5.75 Å². The Morgan fingerprint density at radius 3 is 3.06 bits per heavy atom. The average Bonchev–Trinajstić information content (AvgIpc) is 2.77. The molecule has 2 nitrogen and oxygen atoms in total. The molecule has 1 aliphatic carbocycles. The Labute approximate surface area is 95.6 Å². The Hall–Kier alpha value is -1.28. The fourth-order valence-electron chi connectivity index (χ4n) is 2.63. The lowest BCUT2D eigenvalue weighted by molar-refractivity contribution is 0.0697. The molecule has 0 saturated carbocycles. The second kappa shape index (κ2) is 3.63. The van der Waals surface area contributed by atoms with Gasteiger partial charge in [-0.05, 0) is 24.8 Å². The topological polar surface area (TPSA) is 29.5 Å². The van der Waals surface area contributed by atoms with Gasteiger partial charge >= 0.3 is 0 Å². The highest BCUT2D eigenvalue weighted by molar-refractivity contribution is 5.48. The van der Waals surface area contributed by atoms with Crippen LogP contribution in [0.1, 0.15) is 30.4 Å². The molecule has 1 aromatic rings. The highest BCUT2D eigenvalue weighted by atomic mass is 16.5. The van der Waals surface area contributed by atoms with Crippen LogP contribution in [0.5, 0.6) is 5.75 Å². The molecule has 1 aromatic carbocycles. The van der Waals surface area contributed by atoms with Crippen molar-refractivity contribution in [1.82, 2.24) is 0 Å². The minimum absolute atomic E-state index is 0.742. The second-order valence-electron chi connectivity index (χ2n) is 4.61. The van der Waals surface area contributed by atoms with Crippen LogP contribution >= 0.6 is 0 Å². The Morgan fingerprint density at radius 1 is 1.31 bits per heavy atom. The van der Waals surface area contributed by atoms with E-state index in [1.807, 2.05) is 18.2 Å². The van der Waals surface area contributed by atoms with E-state index < -0.39 is 5.60 Å². The van der Waals surface area contributed by atoms with Crippen molar-refractivity contribution in [2.24, 2.45) is 0 Å². The SMILES string of the molecule is OC1(c2cccc3c2OCC3)C=CCCC1. The summed E-state index contributed by atoms with van der Waals surface area (Å²) in [7, 11) is 0. The number of fused-ring (bicyclic) bond motifs is 1. The summed E-state index contributed by atoms with van der Waals surface area (Å²) in [5, 5.41) is 10.6. The molecule has 16 heavy (non-hydrogen) atoms. The standard InChI is InChI=1S/C14H16O2/c15-14(8-2-1-3-9-14)12-6-4-5-11-7-10-16-13(11)12/h2,4-6,8,15H,1,3,7,9-10H2. The van der Waals surface area contributed by atoms with Crippen molar-refractivity contribution in [2.75, 3.05) is 6.61 Å². The maximum absolute atomic E-state index is 10.6. The Kier molecular flexibility index (Phi) is 2.25. The van der Waals surface area contributed by atoms with Crippen LogP contribution in [0.4, 0.5) is 0 Å². The van der Waals surface area contributed by atoms with Gasteiger partial charge in [0.05, 0.1) is 6.61 Å². The highest BCUT2D eigenvalue weighted by Crippen LogP contribution is 2.41. The van der Waals surface area contributed by atoms with E-state index in [1.165, 1.54) is 5.56 Å². The zero-order valence-electron chi connectivity index (χ0n) is 9.28. The fourth-order valence-corrected chi connectivity index (χ4v) is 2.63. The molecule has 0 bridgehead atoms. The first kappa shape index (κ1) is 9.91. The highest BCUT2D eigenvalue weighted by Gasteiger charge is 2.32. The van der Waals surface area contributed by atoms with Crippen LogP contribution in [0.25, 0.3) is 0 Å². The molecule has 0 spiro atoms. The van der Waals surface area contributed by atoms with Gasteiger partial charge in [0.15, 0.2) is 0 Å². The van der Waals surface area contributed by atoms with Gasteiger partial charge in [0.2, 0.25) is 0 Å². The number of benzene rings is 1. The zero-order valence-corrected chi connectivity index (χ0v) is 9.28. The molecule has 3 rings (SSSR count). The lowest BCUT2D eigenvalue weighted by Crippen LogP contribution is -2.25. The van der Waals surface area contributed by atoms with E-state index in [2.05, 4.69) is 12.1 Å². The van der Waals surface area contributed by atoms with Crippen molar-refractivity contribution >= 4 is 0 Å². The first-order valence-electron chi connectivity index (χ1n) is 5.95. The summed E-state index contributed by atoms with van der Waals surface area (Å²) in [5.41, 5.74) is 1.36. The molecule has 1 aliphatic heterocycles. The van der Waals surface area contributed by atoms with E-state index >= 15 is 0 Å². The van der Waals surface area contributed by atoms with Gasteiger partial charge in [0, 0.05) is 12.0 Å². The summed E-state index contributed by atoms with van der Waals surface area (Å²) in [4.78, 5) is 0. The molecule has 0 amide bonds. The van der Waals surface area contributed by atoms with Crippen LogP contribution in [0, 0.1) is 0 Å². The van der Waals surface area contributed by atoms with Crippen molar-refractivity contribution in [2.45, 2.75) is 31.3 Å². The van der Waals surface area contributed by atoms with Gasteiger partial charge in [-0.25, -0.2) is 0 Å². The largest absolute Gasteiger partial charge is 0.493 e. The molecule has 1 atom stereocenters. The lowest BCUT2D eigenvalue weighted by Gasteiger charge is -2.29. The third-order valence-corrected chi connectivity index (χ3v) is 3.50. The Balaban J connectivity index is 2.09. The lowest BCUT2D eigenvalue weighted by atomic mass is 9.83. The van der Waals surface area contributed by atoms with Gasteiger partial charge in [-0.3, -0.25) is 0 Å². The van der Waals surface area contributed by atoms with Crippen LogP contribution in [-0.2, 0) is 12.0 Å². The molecule has 0 fully saturated rings. The van der Waals surface area contributed by atoms with E-state index in [0.29, 0.717) is 0 Å². The number of hydrogen-bond acceptors (Lipinski definition) is 2. The molecule has 1 N–H and O–H groups in total. The van der Waals surface area contributed by atoms with Crippen LogP contribution in [0.3, 0.4) is 0 Å². The predicted octanol–water partition coefficient (Wildman–Crippen LogP) is 2.55. The van der Waals surface area contributed by atoms with Gasteiger partial charge in [-0.1, -0.05) is 30.4 Å².